The monoisotopic (exact) mass is 443 g/mol. The van der Waals surface area contributed by atoms with Gasteiger partial charge >= 0.3 is 0 Å². The number of H-pyrrole nitrogens is 1. The third kappa shape index (κ3) is 3.78. The van der Waals surface area contributed by atoms with Crippen LogP contribution in [0, 0.1) is 0 Å². The molecule has 4 aromatic heterocycles. The summed E-state index contributed by atoms with van der Waals surface area (Å²) < 4.78 is 7.88. The summed E-state index contributed by atoms with van der Waals surface area (Å²) in [4.78, 5) is 20.1. The second kappa shape index (κ2) is 8.59. The fraction of sp³-hybridized carbons (Fsp3) is 0.440. The zero-order valence-corrected chi connectivity index (χ0v) is 18.9. The van der Waals surface area contributed by atoms with E-state index in [1.165, 1.54) is 32.1 Å². The van der Waals surface area contributed by atoms with Crippen molar-refractivity contribution in [1.29, 1.82) is 0 Å². The molecule has 1 saturated heterocycles. The molecule has 5 heterocycles. The molecular weight excluding hydrogens is 414 g/mol. The van der Waals surface area contributed by atoms with Gasteiger partial charge in [0.25, 0.3) is 0 Å². The number of ether oxygens (including phenoxy) is 1. The molecule has 1 aliphatic heterocycles. The largest absolute Gasteiger partial charge is 0.377 e. The fourth-order valence-corrected chi connectivity index (χ4v) is 5.19. The number of nitrogens with zero attached hydrogens (tertiary/aromatic N) is 6. The van der Waals surface area contributed by atoms with E-state index in [1.807, 2.05) is 30.7 Å². The number of nitrogens with one attached hydrogen (secondary N) is 1. The van der Waals surface area contributed by atoms with Crippen molar-refractivity contribution in [3.63, 3.8) is 0 Å². The molecule has 2 fully saturated rings. The second-order valence-corrected chi connectivity index (χ2v) is 9.10. The van der Waals surface area contributed by atoms with Crippen LogP contribution in [0.4, 0.5) is 5.82 Å². The Bertz CT molecular complexity index is 1260. The van der Waals surface area contributed by atoms with E-state index in [4.69, 9.17) is 19.8 Å². The molecule has 0 unspecified atom stereocenters. The van der Waals surface area contributed by atoms with Crippen LogP contribution in [0.25, 0.3) is 33.8 Å². The standard InChI is InChI=1S/C25H29N7O/c1-17-16-33-14-13-31(17)23-15-21(22-9-12-28-32(22)18-5-3-2-4-6-18)29-25(30-23)20-8-11-27-24-19(20)7-10-26-24/h7-12,15,17-18H,2-6,13-14,16H2,1H3,(H,26,27)/t17-/m1/s1. The van der Waals surface area contributed by atoms with E-state index in [0.717, 1.165) is 40.3 Å². The van der Waals surface area contributed by atoms with Crippen molar-refractivity contribution in [1.82, 2.24) is 29.7 Å². The quantitative estimate of drug-likeness (QED) is 0.496. The molecular formula is C25H29N7O. The van der Waals surface area contributed by atoms with E-state index in [1.54, 1.807) is 0 Å². The Morgan fingerprint density at radius 1 is 1.06 bits per heavy atom. The molecule has 6 rings (SSSR count). The highest BCUT2D eigenvalue weighted by molar-refractivity contribution is 5.91. The summed E-state index contributed by atoms with van der Waals surface area (Å²) in [6.07, 6.45) is 11.8. The van der Waals surface area contributed by atoms with Crippen LogP contribution in [0.5, 0.6) is 0 Å². The van der Waals surface area contributed by atoms with Gasteiger partial charge < -0.3 is 14.6 Å². The first-order valence-electron chi connectivity index (χ1n) is 12.0. The van der Waals surface area contributed by atoms with Gasteiger partial charge in [0, 0.05) is 42.2 Å². The Hall–Kier alpha value is -3.26. The van der Waals surface area contributed by atoms with Gasteiger partial charge in [0.2, 0.25) is 0 Å². The number of morpholine rings is 1. The smallest absolute Gasteiger partial charge is 0.163 e. The highest BCUT2D eigenvalue weighted by atomic mass is 16.5. The third-order valence-corrected chi connectivity index (χ3v) is 6.93. The van der Waals surface area contributed by atoms with Crippen LogP contribution in [0.2, 0.25) is 0 Å². The zero-order chi connectivity index (χ0) is 22.2. The van der Waals surface area contributed by atoms with Crippen molar-refractivity contribution in [3.05, 3.63) is 42.9 Å². The predicted molar refractivity (Wildman–Crippen MR) is 128 cm³/mol. The van der Waals surface area contributed by atoms with Gasteiger partial charge in [0.1, 0.15) is 11.5 Å². The minimum atomic E-state index is 0.252. The number of hydrogen-bond acceptors (Lipinski definition) is 6. The van der Waals surface area contributed by atoms with E-state index in [0.29, 0.717) is 25.1 Å². The number of fused-ring (bicyclic) bond motifs is 1. The zero-order valence-electron chi connectivity index (χ0n) is 18.9. The van der Waals surface area contributed by atoms with Gasteiger partial charge in [-0.1, -0.05) is 19.3 Å². The summed E-state index contributed by atoms with van der Waals surface area (Å²) in [6, 6.07) is 8.94. The Labute approximate surface area is 193 Å². The number of hydrogen-bond donors (Lipinski definition) is 1. The maximum Gasteiger partial charge on any atom is 0.163 e. The lowest BCUT2D eigenvalue weighted by Gasteiger charge is -2.34. The van der Waals surface area contributed by atoms with E-state index in [2.05, 4.69) is 38.6 Å². The van der Waals surface area contributed by atoms with Gasteiger partial charge in [-0.05, 0) is 38.0 Å². The molecule has 1 N–H and O–H groups in total. The highest BCUT2D eigenvalue weighted by Gasteiger charge is 2.25. The normalized spacial score (nSPS) is 19.9. The van der Waals surface area contributed by atoms with Gasteiger partial charge in [-0.15, -0.1) is 0 Å². The lowest BCUT2D eigenvalue weighted by molar-refractivity contribution is 0.0985. The van der Waals surface area contributed by atoms with Crippen LogP contribution in [-0.4, -0.2) is 55.5 Å². The number of aromatic amines is 1. The number of anilines is 1. The number of rotatable bonds is 4. The molecule has 2 aliphatic rings. The molecule has 1 atom stereocenters. The number of aromatic nitrogens is 6. The summed E-state index contributed by atoms with van der Waals surface area (Å²) in [5.74, 6) is 1.65. The maximum atomic E-state index is 5.68. The van der Waals surface area contributed by atoms with Gasteiger partial charge in [0.15, 0.2) is 5.82 Å². The molecule has 0 aromatic carbocycles. The van der Waals surface area contributed by atoms with Crippen LogP contribution in [-0.2, 0) is 4.74 Å². The summed E-state index contributed by atoms with van der Waals surface area (Å²) >= 11 is 0. The van der Waals surface area contributed by atoms with Gasteiger partial charge in [-0.2, -0.15) is 5.10 Å². The van der Waals surface area contributed by atoms with Gasteiger partial charge in [-0.3, -0.25) is 4.68 Å². The minimum Gasteiger partial charge on any atom is -0.377 e. The van der Waals surface area contributed by atoms with Crippen molar-refractivity contribution < 1.29 is 4.74 Å². The van der Waals surface area contributed by atoms with Crippen LogP contribution >= 0.6 is 0 Å². The highest BCUT2D eigenvalue weighted by Crippen LogP contribution is 2.34. The van der Waals surface area contributed by atoms with Crippen LogP contribution < -0.4 is 4.90 Å². The molecule has 8 heteroatoms. The second-order valence-electron chi connectivity index (χ2n) is 9.10. The Morgan fingerprint density at radius 3 is 2.85 bits per heavy atom. The average Bonchev–Trinajstić information content (AvgIpc) is 3.54. The molecule has 0 bridgehead atoms. The van der Waals surface area contributed by atoms with Crippen molar-refractivity contribution in [2.24, 2.45) is 0 Å². The van der Waals surface area contributed by atoms with Crippen molar-refractivity contribution in [3.8, 4) is 22.8 Å². The number of pyridine rings is 1. The van der Waals surface area contributed by atoms with E-state index in [-0.39, 0.29) is 6.04 Å². The van der Waals surface area contributed by atoms with Gasteiger partial charge in [-0.25, -0.2) is 15.0 Å². The van der Waals surface area contributed by atoms with Crippen molar-refractivity contribution in [2.75, 3.05) is 24.7 Å². The summed E-state index contributed by atoms with van der Waals surface area (Å²) in [5, 5.41) is 5.75. The average molecular weight is 444 g/mol. The molecule has 33 heavy (non-hydrogen) atoms. The van der Waals surface area contributed by atoms with Crippen molar-refractivity contribution in [2.45, 2.75) is 51.1 Å². The molecule has 0 amide bonds. The lowest BCUT2D eigenvalue weighted by atomic mass is 9.95. The van der Waals surface area contributed by atoms with Crippen LogP contribution in [0.1, 0.15) is 45.1 Å². The first-order valence-corrected chi connectivity index (χ1v) is 12.0. The minimum absolute atomic E-state index is 0.252. The maximum absolute atomic E-state index is 5.68. The molecule has 8 nitrogen and oxygen atoms in total. The molecule has 1 aliphatic carbocycles. The molecule has 0 spiro atoms. The summed E-state index contributed by atoms with van der Waals surface area (Å²) in [7, 11) is 0. The molecule has 1 saturated carbocycles. The van der Waals surface area contributed by atoms with Crippen molar-refractivity contribution >= 4 is 16.9 Å². The summed E-state index contributed by atoms with van der Waals surface area (Å²) in [5.41, 5.74) is 3.80. The van der Waals surface area contributed by atoms with E-state index < -0.39 is 0 Å². The topological polar surface area (TPSA) is 84.8 Å². The molecule has 4 aromatic rings. The lowest BCUT2D eigenvalue weighted by Crippen LogP contribution is -2.44. The Balaban J connectivity index is 1.50. The van der Waals surface area contributed by atoms with Crippen LogP contribution in [0.3, 0.4) is 0 Å². The van der Waals surface area contributed by atoms with E-state index in [9.17, 15) is 0 Å². The first-order chi connectivity index (χ1) is 16.3. The predicted octanol–water partition coefficient (Wildman–Crippen LogP) is 4.61. The van der Waals surface area contributed by atoms with E-state index >= 15 is 0 Å². The third-order valence-electron chi connectivity index (χ3n) is 6.93. The van der Waals surface area contributed by atoms with Gasteiger partial charge in [0.05, 0.1) is 36.7 Å². The molecule has 0 radical (unpaired) electrons. The molecule has 170 valence electrons. The summed E-state index contributed by atoms with van der Waals surface area (Å²) in [6.45, 7) is 4.40. The fourth-order valence-electron chi connectivity index (χ4n) is 5.19. The Morgan fingerprint density at radius 2 is 1.97 bits per heavy atom. The Kier molecular flexibility index (Phi) is 5.30. The SMILES string of the molecule is C[C@@H]1COCCN1c1cc(-c2ccnn2C2CCCCC2)nc(-c2ccnc3[nH]ccc23)n1. The van der Waals surface area contributed by atoms with Crippen LogP contribution in [0.15, 0.2) is 42.9 Å². The first kappa shape index (κ1) is 20.4.